The van der Waals surface area contributed by atoms with Gasteiger partial charge in [-0.15, -0.1) is 0 Å². The lowest BCUT2D eigenvalue weighted by Crippen LogP contribution is -2.01. The highest BCUT2D eigenvalue weighted by molar-refractivity contribution is 5.77. The van der Waals surface area contributed by atoms with Gasteiger partial charge in [-0.25, -0.2) is 9.97 Å². The Balaban J connectivity index is 1.43. The van der Waals surface area contributed by atoms with Crippen LogP contribution < -0.4 is 14.8 Å². The Morgan fingerprint density at radius 2 is 1.81 bits per heavy atom. The molecule has 2 aromatic heterocycles. The van der Waals surface area contributed by atoms with E-state index in [-0.39, 0.29) is 0 Å². The molecular weight excluding hydrogens is 328 g/mol. The second-order valence-electron chi connectivity index (χ2n) is 5.74. The Bertz CT molecular complexity index is 979. The monoisotopic (exact) mass is 346 g/mol. The van der Waals surface area contributed by atoms with E-state index in [0.717, 1.165) is 28.3 Å². The van der Waals surface area contributed by atoms with Gasteiger partial charge in [0, 0.05) is 18.8 Å². The van der Waals surface area contributed by atoms with Gasteiger partial charge in [0.2, 0.25) is 11.8 Å². The van der Waals surface area contributed by atoms with Crippen LogP contribution in [0.4, 0.5) is 5.95 Å². The van der Waals surface area contributed by atoms with E-state index >= 15 is 0 Å². The van der Waals surface area contributed by atoms with Crippen LogP contribution >= 0.6 is 0 Å². The number of aromatic amines is 1. The number of H-pyrrole nitrogens is 1. The summed E-state index contributed by atoms with van der Waals surface area (Å²) in [6.45, 7) is 0.612. The van der Waals surface area contributed by atoms with Gasteiger partial charge in [0.15, 0.2) is 0 Å². The number of nitrogens with zero attached hydrogens (tertiary/aromatic N) is 2. The fraction of sp³-hybridized carbons (Fsp3) is 0.100. The first-order valence-electron chi connectivity index (χ1n) is 8.25. The SMILES string of the molecule is COc1ccc(Oc2cc(CNc3nc4ccccc4[nH]3)ccn2)cc1. The molecule has 0 spiro atoms. The molecule has 0 aliphatic rings. The average molecular weight is 346 g/mol. The number of para-hydroxylation sites is 2. The first-order valence-corrected chi connectivity index (χ1v) is 8.25. The summed E-state index contributed by atoms with van der Waals surface area (Å²) in [6.07, 6.45) is 1.73. The van der Waals surface area contributed by atoms with Crippen LogP contribution in [0, 0.1) is 0 Å². The quantitative estimate of drug-likeness (QED) is 0.542. The zero-order chi connectivity index (χ0) is 17.8. The van der Waals surface area contributed by atoms with E-state index in [0.29, 0.717) is 18.2 Å². The molecule has 0 aliphatic carbocycles. The number of anilines is 1. The second kappa shape index (κ2) is 7.14. The third kappa shape index (κ3) is 3.59. The fourth-order valence-corrected chi connectivity index (χ4v) is 2.60. The highest BCUT2D eigenvalue weighted by Gasteiger charge is 2.04. The minimum Gasteiger partial charge on any atom is -0.497 e. The van der Waals surface area contributed by atoms with E-state index in [1.54, 1.807) is 13.3 Å². The standard InChI is InChI=1S/C20H18N4O2/c1-25-15-6-8-16(9-7-15)26-19-12-14(10-11-21-19)13-22-20-23-17-4-2-3-5-18(17)24-20/h2-12H,13H2,1H3,(H2,22,23,24). The van der Waals surface area contributed by atoms with E-state index in [1.807, 2.05) is 60.7 Å². The van der Waals surface area contributed by atoms with Gasteiger partial charge in [-0.05, 0) is 48.0 Å². The molecule has 2 aromatic carbocycles. The van der Waals surface area contributed by atoms with Crippen molar-refractivity contribution >= 4 is 17.0 Å². The fourth-order valence-electron chi connectivity index (χ4n) is 2.60. The molecule has 0 fully saturated rings. The maximum atomic E-state index is 5.80. The molecule has 0 amide bonds. The Morgan fingerprint density at radius 1 is 1.00 bits per heavy atom. The van der Waals surface area contributed by atoms with Crippen LogP contribution in [0.1, 0.15) is 5.56 Å². The third-order valence-corrected chi connectivity index (χ3v) is 3.93. The van der Waals surface area contributed by atoms with Crippen LogP contribution in [0.15, 0.2) is 66.9 Å². The average Bonchev–Trinajstić information content (AvgIpc) is 3.10. The van der Waals surface area contributed by atoms with Gasteiger partial charge < -0.3 is 19.8 Å². The largest absolute Gasteiger partial charge is 0.497 e. The zero-order valence-electron chi connectivity index (χ0n) is 14.3. The van der Waals surface area contributed by atoms with E-state index in [9.17, 15) is 0 Å². The number of pyridine rings is 1. The van der Waals surface area contributed by atoms with Crippen LogP contribution in [0.2, 0.25) is 0 Å². The maximum absolute atomic E-state index is 5.80. The van der Waals surface area contributed by atoms with Crippen molar-refractivity contribution in [3.05, 3.63) is 72.4 Å². The zero-order valence-corrected chi connectivity index (χ0v) is 14.3. The van der Waals surface area contributed by atoms with E-state index in [1.165, 1.54) is 0 Å². The van der Waals surface area contributed by atoms with Crippen LogP contribution in [0.3, 0.4) is 0 Å². The van der Waals surface area contributed by atoms with Crippen molar-refractivity contribution in [2.24, 2.45) is 0 Å². The predicted octanol–water partition coefficient (Wildman–Crippen LogP) is 4.37. The highest BCUT2D eigenvalue weighted by atomic mass is 16.5. The van der Waals surface area contributed by atoms with Crippen molar-refractivity contribution in [3.63, 3.8) is 0 Å². The van der Waals surface area contributed by atoms with Crippen molar-refractivity contribution in [1.82, 2.24) is 15.0 Å². The van der Waals surface area contributed by atoms with Crippen LogP contribution in [-0.2, 0) is 6.54 Å². The molecule has 6 heteroatoms. The highest BCUT2D eigenvalue weighted by Crippen LogP contribution is 2.23. The van der Waals surface area contributed by atoms with Gasteiger partial charge in [-0.1, -0.05) is 12.1 Å². The molecule has 6 nitrogen and oxygen atoms in total. The summed E-state index contributed by atoms with van der Waals surface area (Å²) in [7, 11) is 1.63. The van der Waals surface area contributed by atoms with Crippen molar-refractivity contribution in [1.29, 1.82) is 0 Å². The van der Waals surface area contributed by atoms with Gasteiger partial charge in [-0.3, -0.25) is 0 Å². The molecule has 0 atom stereocenters. The molecule has 0 unspecified atom stereocenters. The normalized spacial score (nSPS) is 10.7. The first kappa shape index (κ1) is 16.0. The maximum Gasteiger partial charge on any atom is 0.219 e. The molecule has 0 saturated heterocycles. The molecule has 0 radical (unpaired) electrons. The molecule has 130 valence electrons. The number of rotatable bonds is 6. The number of methoxy groups -OCH3 is 1. The van der Waals surface area contributed by atoms with Crippen LogP contribution in [0.5, 0.6) is 17.4 Å². The number of benzene rings is 2. The van der Waals surface area contributed by atoms with Crippen LogP contribution in [0.25, 0.3) is 11.0 Å². The van der Waals surface area contributed by atoms with Crippen LogP contribution in [-0.4, -0.2) is 22.1 Å². The molecule has 0 saturated carbocycles. The predicted molar refractivity (Wildman–Crippen MR) is 101 cm³/mol. The van der Waals surface area contributed by atoms with Crippen molar-refractivity contribution < 1.29 is 9.47 Å². The number of hydrogen-bond acceptors (Lipinski definition) is 5. The molecule has 26 heavy (non-hydrogen) atoms. The third-order valence-electron chi connectivity index (χ3n) is 3.93. The van der Waals surface area contributed by atoms with Gasteiger partial charge in [0.05, 0.1) is 18.1 Å². The lowest BCUT2D eigenvalue weighted by atomic mass is 10.2. The summed E-state index contributed by atoms with van der Waals surface area (Å²) in [4.78, 5) is 12.0. The summed E-state index contributed by atoms with van der Waals surface area (Å²) in [5.41, 5.74) is 2.99. The smallest absolute Gasteiger partial charge is 0.219 e. The van der Waals surface area contributed by atoms with Crippen molar-refractivity contribution in [3.8, 4) is 17.4 Å². The Kier molecular flexibility index (Phi) is 4.38. The Labute approximate surface area is 150 Å². The number of fused-ring (bicyclic) bond motifs is 1. The summed E-state index contributed by atoms with van der Waals surface area (Å²) in [6, 6.07) is 19.2. The summed E-state index contributed by atoms with van der Waals surface area (Å²) in [5, 5.41) is 3.29. The summed E-state index contributed by atoms with van der Waals surface area (Å²) in [5.74, 6) is 2.77. The lowest BCUT2D eigenvalue weighted by molar-refractivity contribution is 0.412. The van der Waals surface area contributed by atoms with Gasteiger partial charge in [-0.2, -0.15) is 0 Å². The Hall–Kier alpha value is -3.54. The first-order chi connectivity index (χ1) is 12.8. The number of ether oxygens (including phenoxy) is 2. The second-order valence-corrected chi connectivity index (χ2v) is 5.74. The molecule has 2 heterocycles. The van der Waals surface area contributed by atoms with Gasteiger partial charge in [0.25, 0.3) is 0 Å². The molecule has 4 aromatic rings. The van der Waals surface area contributed by atoms with Crippen molar-refractivity contribution in [2.75, 3.05) is 12.4 Å². The molecule has 0 aliphatic heterocycles. The van der Waals surface area contributed by atoms with E-state index < -0.39 is 0 Å². The topological polar surface area (TPSA) is 72.1 Å². The number of imidazole rings is 1. The molecule has 4 rings (SSSR count). The summed E-state index contributed by atoms with van der Waals surface area (Å²) < 4.78 is 10.9. The molecule has 0 bridgehead atoms. The van der Waals surface area contributed by atoms with Gasteiger partial charge >= 0.3 is 0 Å². The van der Waals surface area contributed by atoms with E-state index in [4.69, 9.17) is 9.47 Å². The Morgan fingerprint density at radius 3 is 2.62 bits per heavy atom. The lowest BCUT2D eigenvalue weighted by Gasteiger charge is -2.08. The van der Waals surface area contributed by atoms with E-state index in [2.05, 4.69) is 20.3 Å². The molecule has 2 N–H and O–H groups in total. The molecular formula is C20H18N4O2. The minimum atomic E-state index is 0.541. The van der Waals surface area contributed by atoms with Crippen molar-refractivity contribution in [2.45, 2.75) is 6.54 Å². The number of nitrogens with one attached hydrogen (secondary N) is 2. The summed E-state index contributed by atoms with van der Waals surface area (Å²) >= 11 is 0. The van der Waals surface area contributed by atoms with Gasteiger partial charge in [0.1, 0.15) is 11.5 Å². The number of hydrogen-bond donors (Lipinski definition) is 2. The number of aromatic nitrogens is 3. The minimum absolute atomic E-state index is 0.541.